The smallest absolute Gasteiger partial charge is 0.0957 e. The number of hydrogen-bond acceptors (Lipinski definition) is 2. The maximum Gasteiger partial charge on any atom is 0.0957 e. The summed E-state index contributed by atoms with van der Waals surface area (Å²) in [6.07, 6.45) is 2.01. The SMILES string of the molecule is CC.CCC(O)c1ccccn1. The highest BCUT2D eigenvalue weighted by Gasteiger charge is 2.02. The lowest BCUT2D eigenvalue weighted by Gasteiger charge is -2.04. The molecule has 0 radical (unpaired) electrons. The summed E-state index contributed by atoms with van der Waals surface area (Å²) in [6.45, 7) is 5.93. The van der Waals surface area contributed by atoms with E-state index in [0.29, 0.717) is 0 Å². The average Bonchev–Trinajstić information content (AvgIpc) is 2.21. The minimum absolute atomic E-state index is 0.402. The number of hydrogen-bond donors (Lipinski definition) is 1. The summed E-state index contributed by atoms with van der Waals surface area (Å²) in [7, 11) is 0. The maximum atomic E-state index is 9.27. The molecule has 0 spiro atoms. The molecule has 1 N–H and O–H groups in total. The molecule has 0 bridgehead atoms. The Kier molecular flexibility index (Phi) is 6.29. The van der Waals surface area contributed by atoms with Crippen LogP contribution >= 0.6 is 0 Å². The van der Waals surface area contributed by atoms with Crippen molar-refractivity contribution < 1.29 is 5.11 Å². The second-order valence-corrected chi connectivity index (χ2v) is 2.18. The van der Waals surface area contributed by atoms with E-state index in [9.17, 15) is 5.11 Å². The number of aromatic nitrogens is 1. The lowest BCUT2D eigenvalue weighted by Crippen LogP contribution is -1.96. The fourth-order valence-corrected chi connectivity index (χ4v) is 0.782. The van der Waals surface area contributed by atoms with Crippen molar-refractivity contribution in [3.63, 3.8) is 0 Å². The third-order valence-electron chi connectivity index (χ3n) is 1.42. The first-order valence-electron chi connectivity index (χ1n) is 4.43. The molecule has 1 unspecified atom stereocenters. The van der Waals surface area contributed by atoms with Gasteiger partial charge in [-0.3, -0.25) is 4.98 Å². The molecule has 2 heteroatoms. The van der Waals surface area contributed by atoms with Crippen LogP contribution < -0.4 is 0 Å². The van der Waals surface area contributed by atoms with E-state index in [1.54, 1.807) is 6.20 Å². The molecular formula is C10H17NO. The molecule has 1 aromatic rings. The lowest BCUT2D eigenvalue weighted by atomic mass is 10.2. The number of aliphatic hydroxyl groups is 1. The number of nitrogens with zero attached hydrogens (tertiary/aromatic N) is 1. The second-order valence-electron chi connectivity index (χ2n) is 2.18. The first-order chi connectivity index (χ1) is 5.84. The van der Waals surface area contributed by atoms with Crippen LogP contribution in [-0.4, -0.2) is 10.1 Å². The third kappa shape index (κ3) is 3.49. The summed E-state index contributed by atoms with van der Waals surface area (Å²) in [4.78, 5) is 4.00. The van der Waals surface area contributed by atoms with E-state index < -0.39 is 6.10 Å². The van der Waals surface area contributed by atoms with Gasteiger partial charge in [-0.15, -0.1) is 0 Å². The normalized spacial score (nSPS) is 11.3. The molecule has 0 fully saturated rings. The lowest BCUT2D eigenvalue weighted by molar-refractivity contribution is 0.169. The van der Waals surface area contributed by atoms with E-state index in [2.05, 4.69) is 4.98 Å². The van der Waals surface area contributed by atoms with Crippen LogP contribution in [0.15, 0.2) is 24.4 Å². The van der Waals surface area contributed by atoms with E-state index in [1.807, 2.05) is 39.0 Å². The van der Waals surface area contributed by atoms with E-state index in [0.717, 1.165) is 12.1 Å². The Hall–Kier alpha value is -0.890. The van der Waals surface area contributed by atoms with Crippen LogP contribution in [0.1, 0.15) is 39.0 Å². The van der Waals surface area contributed by atoms with Gasteiger partial charge in [-0.1, -0.05) is 26.8 Å². The van der Waals surface area contributed by atoms with E-state index in [-0.39, 0.29) is 0 Å². The molecule has 1 aromatic heterocycles. The van der Waals surface area contributed by atoms with Gasteiger partial charge in [0, 0.05) is 6.20 Å². The van der Waals surface area contributed by atoms with Crippen LogP contribution in [0.3, 0.4) is 0 Å². The average molecular weight is 167 g/mol. The molecule has 2 nitrogen and oxygen atoms in total. The van der Waals surface area contributed by atoms with Crippen LogP contribution in [-0.2, 0) is 0 Å². The first kappa shape index (κ1) is 11.1. The van der Waals surface area contributed by atoms with Crippen molar-refractivity contribution in [2.24, 2.45) is 0 Å². The fraction of sp³-hybridized carbons (Fsp3) is 0.500. The van der Waals surface area contributed by atoms with Crippen LogP contribution in [0, 0.1) is 0 Å². The molecule has 0 aliphatic heterocycles. The quantitative estimate of drug-likeness (QED) is 0.734. The standard InChI is InChI=1S/C8H11NO.C2H6/c1-2-8(10)7-5-3-4-6-9-7;1-2/h3-6,8,10H,2H2,1H3;1-2H3. The summed E-state index contributed by atoms with van der Waals surface area (Å²) >= 11 is 0. The van der Waals surface area contributed by atoms with Gasteiger partial charge in [-0.05, 0) is 18.6 Å². The zero-order valence-corrected chi connectivity index (χ0v) is 7.99. The van der Waals surface area contributed by atoms with Gasteiger partial charge in [0.25, 0.3) is 0 Å². The molecular weight excluding hydrogens is 150 g/mol. The van der Waals surface area contributed by atoms with Crippen LogP contribution in [0.5, 0.6) is 0 Å². The highest BCUT2D eigenvalue weighted by atomic mass is 16.3. The molecule has 12 heavy (non-hydrogen) atoms. The Morgan fingerprint density at radius 2 is 2.08 bits per heavy atom. The van der Waals surface area contributed by atoms with Crippen molar-refractivity contribution in [2.45, 2.75) is 33.3 Å². The van der Waals surface area contributed by atoms with Gasteiger partial charge in [0.2, 0.25) is 0 Å². The van der Waals surface area contributed by atoms with Gasteiger partial charge in [0.1, 0.15) is 0 Å². The molecule has 0 aliphatic rings. The van der Waals surface area contributed by atoms with Gasteiger partial charge in [-0.25, -0.2) is 0 Å². The molecule has 0 saturated carbocycles. The summed E-state index contributed by atoms with van der Waals surface area (Å²) in [6, 6.07) is 5.54. The fourth-order valence-electron chi connectivity index (χ4n) is 0.782. The molecule has 1 atom stereocenters. The third-order valence-corrected chi connectivity index (χ3v) is 1.42. The molecule has 0 aliphatic carbocycles. The van der Waals surface area contributed by atoms with Crippen LogP contribution in [0.4, 0.5) is 0 Å². The van der Waals surface area contributed by atoms with Gasteiger partial charge in [0.15, 0.2) is 0 Å². The van der Waals surface area contributed by atoms with Crippen molar-refractivity contribution in [3.8, 4) is 0 Å². The molecule has 1 heterocycles. The highest BCUT2D eigenvalue weighted by molar-refractivity contribution is 5.05. The minimum Gasteiger partial charge on any atom is -0.387 e. The Labute approximate surface area is 74.3 Å². The predicted octanol–water partition coefficient (Wildman–Crippen LogP) is 2.55. The largest absolute Gasteiger partial charge is 0.387 e. The maximum absolute atomic E-state index is 9.27. The monoisotopic (exact) mass is 167 g/mol. The van der Waals surface area contributed by atoms with E-state index in [4.69, 9.17) is 0 Å². The van der Waals surface area contributed by atoms with E-state index in [1.165, 1.54) is 0 Å². The molecule has 0 amide bonds. The van der Waals surface area contributed by atoms with Crippen LogP contribution in [0.2, 0.25) is 0 Å². The van der Waals surface area contributed by atoms with Gasteiger partial charge in [0.05, 0.1) is 11.8 Å². The topological polar surface area (TPSA) is 33.1 Å². The summed E-state index contributed by atoms with van der Waals surface area (Å²) in [5, 5.41) is 9.27. The second kappa shape index (κ2) is 6.80. The summed E-state index contributed by atoms with van der Waals surface area (Å²) in [5.41, 5.74) is 0.755. The first-order valence-corrected chi connectivity index (χ1v) is 4.43. The Bertz CT molecular complexity index is 186. The van der Waals surface area contributed by atoms with E-state index >= 15 is 0 Å². The number of pyridine rings is 1. The molecule has 0 saturated heterocycles. The van der Waals surface area contributed by atoms with Crippen LogP contribution in [0.25, 0.3) is 0 Å². The Morgan fingerprint density at radius 3 is 2.50 bits per heavy atom. The minimum atomic E-state index is -0.402. The predicted molar refractivity (Wildman–Crippen MR) is 50.8 cm³/mol. The summed E-state index contributed by atoms with van der Waals surface area (Å²) in [5.74, 6) is 0. The Morgan fingerprint density at radius 1 is 1.42 bits per heavy atom. The van der Waals surface area contributed by atoms with Crippen molar-refractivity contribution in [1.29, 1.82) is 0 Å². The van der Waals surface area contributed by atoms with Crippen molar-refractivity contribution in [2.75, 3.05) is 0 Å². The van der Waals surface area contributed by atoms with Crippen molar-refractivity contribution in [3.05, 3.63) is 30.1 Å². The van der Waals surface area contributed by atoms with Gasteiger partial charge >= 0.3 is 0 Å². The van der Waals surface area contributed by atoms with Gasteiger partial charge in [-0.2, -0.15) is 0 Å². The Balaban J connectivity index is 0.000000561. The highest BCUT2D eigenvalue weighted by Crippen LogP contribution is 2.11. The molecule has 0 aromatic carbocycles. The zero-order chi connectivity index (χ0) is 9.40. The zero-order valence-electron chi connectivity index (χ0n) is 7.99. The molecule has 68 valence electrons. The summed E-state index contributed by atoms with van der Waals surface area (Å²) < 4.78 is 0. The van der Waals surface area contributed by atoms with Gasteiger partial charge < -0.3 is 5.11 Å². The van der Waals surface area contributed by atoms with Crippen molar-refractivity contribution in [1.82, 2.24) is 4.98 Å². The van der Waals surface area contributed by atoms with Crippen molar-refractivity contribution >= 4 is 0 Å². The molecule has 1 rings (SSSR count). The number of rotatable bonds is 2. The number of aliphatic hydroxyl groups excluding tert-OH is 1.